The summed E-state index contributed by atoms with van der Waals surface area (Å²) in [7, 11) is 1.62. The molecule has 0 spiro atoms. The average Bonchev–Trinajstić information content (AvgIpc) is 3.02. The number of urea groups is 1. The third-order valence-electron chi connectivity index (χ3n) is 5.29. The van der Waals surface area contributed by atoms with Crippen molar-refractivity contribution in [3.63, 3.8) is 0 Å². The van der Waals surface area contributed by atoms with Gasteiger partial charge < -0.3 is 10.2 Å². The fourth-order valence-corrected chi connectivity index (χ4v) is 3.95. The Bertz CT molecular complexity index is 1070. The molecule has 1 N–H and O–H groups in total. The summed E-state index contributed by atoms with van der Waals surface area (Å²) in [5.41, 5.74) is 4.30. The second-order valence-electron chi connectivity index (χ2n) is 7.39. The number of rotatable bonds is 3. The van der Waals surface area contributed by atoms with E-state index in [2.05, 4.69) is 5.32 Å². The van der Waals surface area contributed by atoms with E-state index < -0.39 is 11.0 Å². The van der Waals surface area contributed by atoms with Crippen LogP contribution in [0.4, 0.5) is 16.2 Å². The second-order valence-corrected chi connectivity index (χ2v) is 7.39. The van der Waals surface area contributed by atoms with Gasteiger partial charge in [0.2, 0.25) is 0 Å². The highest BCUT2D eigenvalue weighted by atomic mass is 16.6. The Kier molecular flexibility index (Phi) is 4.34. The zero-order chi connectivity index (χ0) is 20.9. The van der Waals surface area contributed by atoms with Crippen LogP contribution in [-0.4, -0.2) is 35.4 Å². The van der Waals surface area contributed by atoms with Gasteiger partial charge in [-0.1, -0.05) is 18.2 Å². The molecule has 2 aliphatic rings. The van der Waals surface area contributed by atoms with Gasteiger partial charge in [0.15, 0.2) is 0 Å². The van der Waals surface area contributed by atoms with Gasteiger partial charge in [-0.2, -0.15) is 0 Å². The largest absolute Gasteiger partial charge is 0.327 e. The quantitative estimate of drug-likeness (QED) is 0.641. The third kappa shape index (κ3) is 3.12. The minimum absolute atomic E-state index is 0.0885. The van der Waals surface area contributed by atoms with Crippen LogP contribution in [-0.2, 0) is 4.79 Å². The maximum Gasteiger partial charge on any atom is 0.322 e. The van der Waals surface area contributed by atoms with Gasteiger partial charge in [0, 0.05) is 24.9 Å². The van der Waals surface area contributed by atoms with Gasteiger partial charge in [0.1, 0.15) is 0 Å². The van der Waals surface area contributed by atoms with E-state index in [1.807, 2.05) is 32.0 Å². The lowest BCUT2D eigenvalue weighted by atomic mass is 9.95. The minimum atomic E-state index is -0.739. The number of nitro groups is 1. The number of amides is 3. The Morgan fingerprint density at radius 3 is 2.45 bits per heavy atom. The Hall–Kier alpha value is -3.68. The Labute approximate surface area is 167 Å². The number of non-ortho nitro benzene ring substituents is 1. The van der Waals surface area contributed by atoms with Crippen molar-refractivity contribution in [2.45, 2.75) is 19.9 Å². The molecular formula is C21H20N4O4. The first-order valence-corrected chi connectivity index (χ1v) is 9.18. The first-order valence-electron chi connectivity index (χ1n) is 9.18. The molecule has 148 valence electrons. The summed E-state index contributed by atoms with van der Waals surface area (Å²) in [6.07, 6.45) is 0. The average molecular weight is 392 g/mol. The van der Waals surface area contributed by atoms with E-state index in [4.69, 9.17) is 0 Å². The molecule has 0 saturated carbocycles. The van der Waals surface area contributed by atoms with Crippen LogP contribution in [0.1, 0.15) is 22.7 Å². The van der Waals surface area contributed by atoms with Crippen molar-refractivity contribution in [3.05, 3.63) is 80.5 Å². The van der Waals surface area contributed by atoms with Crippen LogP contribution in [0, 0.1) is 24.0 Å². The van der Waals surface area contributed by atoms with E-state index >= 15 is 0 Å². The topological polar surface area (TPSA) is 95.8 Å². The van der Waals surface area contributed by atoms with Crippen LogP contribution >= 0.6 is 0 Å². The second kappa shape index (κ2) is 6.73. The van der Waals surface area contributed by atoms with Gasteiger partial charge in [-0.3, -0.25) is 19.8 Å². The summed E-state index contributed by atoms with van der Waals surface area (Å²) in [4.78, 5) is 39.6. The van der Waals surface area contributed by atoms with E-state index in [-0.39, 0.29) is 24.2 Å². The van der Waals surface area contributed by atoms with Crippen LogP contribution < -0.4 is 10.2 Å². The van der Waals surface area contributed by atoms with Gasteiger partial charge in [0.05, 0.1) is 28.8 Å². The zero-order valence-electron chi connectivity index (χ0n) is 16.3. The number of nitrogens with zero attached hydrogens (tertiary/aromatic N) is 3. The molecule has 2 aromatic rings. The number of aryl methyl sites for hydroxylation is 2. The SMILES string of the molecule is Cc1cc(C)cc(N2CC3=C(C2=O)[C@H](c2cccc([N+](=O)[O-])c2)NC(=O)N3C)c1. The van der Waals surface area contributed by atoms with Crippen molar-refractivity contribution >= 4 is 23.3 Å². The third-order valence-corrected chi connectivity index (χ3v) is 5.29. The standard InChI is InChI=1S/C21H20N4O4/c1-12-7-13(2)9-16(8-12)24-11-17-18(20(24)26)19(22-21(27)23(17)3)14-5-4-6-15(10-14)25(28)29/h4-10,19H,11H2,1-3H3,(H,22,27)/t19-/m0/s1. The number of hydrogen-bond donors (Lipinski definition) is 1. The number of hydrogen-bond acceptors (Lipinski definition) is 4. The van der Waals surface area contributed by atoms with Crippen molar-refractivity contribution < 1.29 is 14.5 Å². The highest BCUT2D eigenvalue weighted by Crippen LogP contribution is 2.38. The number of carbonyl (C=O) groups is 2. The minimum Gasteiger partial charge on any atom is -0.327 e. The molecule has 0 aromatic heterocycles. The van der Waals surface area contributed by atoms with Crippen molar-refractivity contribution in [1.29, 1.82) is 0 Å². The molecular weight excluding hydrogens is 372 g/mol. The van der Waals surface area contributed by atoms with E-state index in [0.717, 1.165) is 16.8 Å². The van der Waals surface area contributed by atoms with Crippen LogP contribution in [0.25, 0.3) is 0 Å². The number of nitro benzene ring substituents is 1. The van der Waals surface area contributed by atoms with Crippen molar-refractivity contribution in [1.82, 2.24) is 10.2 Å². The molecule has 29 heavy (non-hydrogen) atoms. The van der Waals surface area contributed by atoms with Crippen molar-refractivity contribution in [2.24, 2.45) is 0 Å². The molecule has 0 unspecified atom stereocenters. The lowest BCUT2D eigenvalue weighted by molar-refractivity contribution is -0.384. The molecule has 0 aliphatic carbocycles. The van der Waals surface area contributed by atoms with E-state index in [1.165, 1.54) is 17.0 Å². The highest BCUT2D eigenvalue weighted by Gasteiger charge is 2.43. The zero-order valence-corrected chi connectivity index (χ0v) is 16.3. The molecule has 1 atom stereocenters. The summed E-state index contributed by atoms with van der Waals surface area (Å²) >= 11 is 0. The first kappa shape index (κ1) is 18.7. The maximum atomic E-state index is 13.4. The maximum absolute atomic E-state index is 13.4. The molecule has 2 aliphatic heterocycles. The van der Waals surface area contributed by atoms with E-state index in [9.17, 15) is 19.7 Å². The monoisotopic (exact) mass is 392 g/mol. The summed E-state index contributed by atoms with van der Waals surface area (Å²) in [5, 5.41) is 14.0. The fourth-order valence-electron chi connectivity index (χ4n) is 3.95. The summed E-state index contributed by atoms with van der Waals surface area (Å²) in [5.74, 6) is -0.214. The number of nitrogens with one attached hydrogen (secondary N) is 1. The molecule has 2 heterocycles. The summed E-state index contributed by atoms with van der Waals surface area (Å²) < 4.78 is 0. The number of anilines is 1. The lowest BCUT2D eigenvalue weighted by Crippen LogP contribution is -2.45. The van der Waals surface area contributed by atoms with Gasteiger partial charge in [-0.15, -0.1) is 0 Å². The van der Waals surface area contributed by atoms with Crippen LogP contribution in [0.15, 0.2) is 53.7 Å². The lowest BCUT2D eigenvalue weighted by Gasteiger charge is -2.30. The van der Waals surface area contributed by atoms with Crippen LogP contribution in [0.2, 0.25) is 0 Å². The number of benzene rings is 2. The molecule has 0 saturated heterocycles. The van der Waals surface area contributed by atoms with Gasteiger partial charge in [-0.05, 0) is 42.7 Å². The molecule has 0 fully saturated rings. The fraction of sp³-hybridized carbons (Fsp3) is 0.238. The number of likely N-dealkylation sites (N-methyl/N-ethyl adjacent to an activating group) is 1. The van der Waals surface area contributed by atoms with E-state index in [1.54, 1.807) is 24.1 Å². The molecule has 8 heteroatoms. The van der Waals surface area contributed by atoms with Gasteiger partial charge in [-0.25, -0.2) is 4.79 Å². The predicted molar refractivity (Wildman–Crippen MR) is 107 cm³/mol. The summed E-state index contributed by atoms with van der Waals surface area (Å²) in [6, 6.07) is 10.8. The van der Waals surface area contributed by atoms with Crippen molar-refractivity contribution in [2.75, 3.05) is 18.5 Å². The van der Waals surface area contributed by atoms with Crippen LogP contribution in [0.5, 0.6) is 0 Å². The molecule has 0 radical (unpaired) electrons. The van der Waals surface area contributed by atoms with Gasteiger partial charge in [0.25, 0.3) is 11.6 Å². The molecule has 3 amide bonds. The predicted octanol–water partition coefficient (Wildman–Crippen LogP) is 3.21. The first-order chi connectivity index (χ1) is 13.8. The Morgan fingerprint density at radius 1 is 1.10 bits per heavy atom. The highest BCUT2D eigenvalue weighted by molar-refractivity contribution is 6.11. The normalized spacial score (nSPS) is 18.8. The van der Waals surface area contributed by atoms with Crippen molar-refractivity contribution in [3.8, 4) is 0 Å². The Morgan fingerprint density at radius 2 is 1.79 bits per heavy atom. The summed E-state index contributed by atoms with van der Waals surface area (Å²) in [6.45, 7) is 4.20. The number of carbonyl (C=O) groups excluding carboxylic acids is 2. The van der Waals surface area contributed by atoms with Crippen LogP contribution in [0.3, 0.4) is 0 Å². The Balaban J connectivity index is 1.78. The van der Waals surface area contributed by atoms with E-state index in [0.29, 0.717) is 16.8 Å². The molecule has 8 nitrogen and oxygen atoms in total. The molecule has 0 bridgehead atoms. The molecule has 4 rings (SSSR count). The smallest absolute Gasteiger partial charge is 0.322 e. The molecule has 2 aromatic carbocycles. The van der Waals surface area contributed by atoms with Gasteiger partial charge >= 0.3 is 6.03 Å².